The third-order valence-corrected chi connectivity index (χ3v) is 3.22. The third kappa shape index (κ3) is 1.99. The summed E-state index contributed by atoms with van der Waals surface area (Å²) < 4.78 is 24.5. The average molecular weight is 236 g/mol. The van der Waals surface area contributed by atoms with Crippen molar-refractivity contribution in [1.29, 1.82) is 0 Å². The van der Waals surface area contributed by atoms with Gasteiger partial charge in [-0.1, -0.05) is 17.7 Å². The summed E-state index contributed by atoms with van der Waals surface area (Å²) in [6.07, 6.45) is 4.28. The number of aromatic nitrogens is 2. The molecule has 0 spiro atoms. The van der Waals surface area contributed by atoms with E-state index < -0.39 is 9.84 Å². The molecule has 0 fully saturated rings. The molecule has 0 amide bonds. The van der Waals surface area contributed by atoms with E-state index in [0.717, 1.165) is 17.5 Å². The van der Waals surface area contributed by atoms with E-state index in [1.807, 2.05) is 31.2 Å². The van der Waals surface area contributed by atoms with Gasteiger partial charge in [-0.15, -0.1) is 0 Å². The number of imidazole rings is 1. The Morgan fingerprint density at radius 3 is 2.38 bits per heavy atom. The smallest absolute Gasteiger partial charge is 0.231 e. The molecule has 0 unspecified atom stereocenters. The van der Waals surface area contributed by atoms with Crippen molar-refractivity contribution in [3.05, 3.63) is 42.2 Å². The number of rotatable bonds is 2. The topological polar surface area (TPSA) is 52.0 Å². The Hall–Kier alpha value is -1.62. The number of benzene rings is 1. The predicted octanol–water partition coefficient (Wildman–Crippen LogP) is 1.58. The molecule has 0 radical (unpaired) electrons. The molecule has 1 aromatic heterocycles. The predicted molar refractivity (Wildman–Crippen MR) is 61.4 cm³/mol. The average Bonchev–Trinajstić information content (AvgIpc) is 2.66. The maximum absolute atomic E-state index is 11.5. The van der Waals surface area contributed by atoms with Crippen LogP contribution >= 0.6 is 0 Å². The summed E-state index contributed by atoms with van der Waals surface area (Å²) in [5, 5.41) is 0.0661. The van der Waals surface area contributed by atoms with Crippen LogP contribution in [0, 0.1) is 6.92 Å². The van der Waals surface area contributed by atoms with Gasteiger partial charge in [-0.2, -0.15) is 0 Å². The highest BCUT2D eigenvalue weighted by molar-refractivity contribution is 7.90. The van der Waals surface area contributed by atoms with Gasteiger partial charge in [0.25, 0.3) is 0 Å². The molecular weight excluding hydrogens is 224 g/mol. The second-order valence-corrected chi connectivity index (χ2v) is 5.60. The maximum atomic E-state index is 11.5. The standard InChI is InChI=1S/C11H12N2O2S/c1-9-3-5-10(6-4-9)13-8-7-12-11(13)16(2,14)15/h3-8H,1-2H3. The lowest BCUT2D eigenvalue weighted by Gasteiger charge is -2.06. The Bertz CT molecular complexity index is 597. The molecular formula is C11H12N2O2S. The van der Waals surface area contributed by atoms with Crippen molar-refractivity contribution in [2.24, 2.45) is 0 Å². The van der Waals surface area contributed by atoms with Crippen molar-refractivity contribution < 1.29 is 8.42 Å². The second kappa shape index (κ2) is 3.75. The Morgan fingerprint density at radius 2 is 1.81 bits per heavy atom. The lowest BCUT2D eigenvalue weighted by Crippen LogP contribution is -2.07. The minimum absolute atomic E-state index is 0.0661. The SMILES string of the molecule is Cc1ccc(-n2ccnc2S(C)(=O)=O)cc1. The molecule has 0 saturated carbocycles. The first kappa shape index (κ1) is 10.9. The van der Waals surface area contributed by atoms with E-state index >= 15 is 0 Å². The van der Waals surface area contributed by atoms with Gasteiger partial charge in [0.05, 0.1) is 0 Å². The molecule has 2 aromatic rings. The molecule has 5 heteroatoms. The van der Waals surface area contributed by atoms with Gasteiger partial charge in [-0.3, -0.25) is 4.57 Å². The van der Waals surface area contributed by atoms with Crippen molar-refractivity contribution in [3.63, 3.8) is 0 Å². The Kier molecular flexibility index (Phi) is 2.55. The van der Waals surface area contributed by atoms with E-state index in [4.69, 9.17) is 0 Å². The van der Waals surface area contributed by atoms with E-state index in [1.54, 1.807) is 10.8 Å². The minimum atomic E-state index is -3.30. The molecule has 1 aromatic carbocycles. The fourth-order valence-electron chi connectivity index (χ4n) is 1.47. The molecule has 0 aliphatic heterocycles. The summed E-state index contributed by atoms with van der Waals surface area (Å²) in [6, 6.07) is 7.60. The van der Waals surface area contributed by atoms with Crippen LogP contribution in [0.2, 0.25) is 0 Å². The molecule has 0 N–H and O–H groups in total. The summed E-state index contributed by atoms with van der Waals surface area (Å²) in [6.45, 7) is 1.98. The maximum Gasteiger partial charge on any atom is 0.231 e. The first-order valence-corrected chi connectivity index (χ1v) is 6.68. The molecule has 0 aliphatic rings. The molecule has 84 valence electrons. The van der Waals surface area contributed by atoms with Gasteiger partial charge in [0.15, 0.2) is 0 Å². The van der Waals surface area contributed by atoms with Crippen LogP contribution in [0.1, 0.15) is 5.56 Å². The highest BCUT2D eigenvalue weighted by Gasteiger charge is 2.15. The van der Waals surface area contributed by atoms with Gasteiger partial charge in [0.2, 0.25) is 15.0 Å². The lowest BCUT2D eigenvalue weighted by atomic mass is 10.2. The van der Waals surface area contributed by atoms with Crippen LogP contribution in [0.3, 0.4) is 0 Å². The Labute approximate surface area is 94.5 Å². The molecule has 16 heavy (non-hydrogen) atoms. The number of nitrogens with zero attached hydrogens (tertiary/aromatic N) is 2. The highest BCUT2D eigenvalue weighted by atomic mass is 32.2. The van der Waals surface area contributed by atoms with Crippen LogP contribution in [0.25, 0.3) is 5.69 Å². The first-order valence-electron chi connectivity index (χ1n) is 4.79. The minimum Gasteiger partial charge on any atom is -0.291 e. The Balaban J connectivity index is 2.58. The van der Waals surface area contributed by atoms with Gasteiger partial charge < -0.3 is 0 Å². The third-order valence-electron chi connectivity index (χ3n) is 2.25. The van der Waals surface area contributed by atoms with Crippen LogP contribution < -0.4 is 0 Å². The molecule has 2 rings (SSSR count). The zero-order valence-corrected chi connectivity index (χ0v) is 9.90. The van der Waals surface area contributed by atoms with Crippen molar-refractivity contribution in [1.82, 2.24) is 9.55 Å². The van der Waals surface area contributed by atoms with Crippen LogP contribution in [0.15, 0.2) is 41.8 Å². The normalized spacial score (nSPS) is 11.6. The second-order valence-electron chi connectivity index (χ2n) is 3.69. The van der Waals surface area contributed by atoms with Gasteiger partial charge >= 0.3 is 0 Å². The lowest BCUT2D eigenvalue weighted by molar-refractivity contribution is 0.590. The quantitative estimate of drug-likeness (QED) is 0.795. The fourth-order valence-corrected chi connectivity index (χ4v) is 2.24. The number of hydrogen-bond acceptors (Lipinski definition) is 3. The molecule has 0 aliphatic carbocycles. The summed E-state index contributed by atoms with van der Waals surface area (Å²) >= 11 is 0. The zero-order valence-electron chi connectivity index (χ0n) is 9.08. The van der Waals surface area contributed by atoms with Crippen molar-refractivity contribution in [2.75, 3.05) is 6.26 Å². The van der Waals surface area contributed by atoms with E-state index in [1.165, 1.54) is 6.20 Å². The van der Waals surface area contributed by atoms with Crippen LogP contribution in [-0.4, -0.2) is 24.2 Å². The number of sulfone groups is 1. The van der Waals surface area contributed by atoms with E-state index in [0.29, 0.717) is 0 Å². The van der Waals surface area contributed by atoms with E-state index in [2.05, 4.69) is 4.98 Å². The number of aryl methyl sites for hydroxylation is 1. The summed E-state index contributed by atoms with van der Waals surface area (Å²) in [4.78, 5) is 3.86. The molecule has 1 heterocycles. The van der Waals surface area contributed by atoms with Crippen LogP contribution in [0.5, 0.6) is 0 Å². The molecule has 0 bridgehead atoms. The van der Waals surface area contributed by atoms with Crippen LogP contribution in [0.4, 0.5) is 0 Å². The summed E-state index contributed by atoms with van der Waals surface area (Å²) in [5.41, 5.74) is 1.92. The van der Waals surface area contributed by atoms with Crippen molar-refractivity contribution in [3.8, 4) is 5.69 Å². The monoisotopic (exact) mass is 236 g/mol. The van der Waals surface area contributed by atoms with Crippen molar-refractivity contribution >= 4 is 9.84 Å². The van der Waals surface area contributed by atoms with Crippen molar-refractivity contribution in [2.45, 2.75) is 12.1 Å². The molecule has 0 saturated heterocycles. The van der Waals surface area contributed by atoms with Gasteiger partial charge in [0.1, 0.15) is 0 Å². The fraction of sp³-hybridized carbons (Fsp3) is 0.182. The van der Waals surface area contributed by atoms with E-state index in [-0.39, 0.29) is 5.16 Å². The van der Waals surface area contributed by atoms with Gasteiger partial charge in [-0.05, 0) is 19.1 Å². The number of hydrogen-bond donors (Lipinski definition) is 0. The first-order chi connectivity index (χ1) is 7.48. The largest absolute Gasteiger partial charge is 0.291 e. The molecule has 0 atom stereocenters. The summed E-state index contributed by atoms with van der Waals surface area (Å²) in [7, 11) is -3.30. The summed E-state index contributed by atoms with van der Waals surface area (Å²) in [5.74, 6) is 0. The van der Waals surface area contributed by atoms with E-state index in [9.17, 15) is 8.42 Å². The van der Waals surface area contributed by atoms with Gasteiger partial charge in [-0.25, -0.2) is 13.4 Å². The van der Waals surface area contributed by atoms with Gasteiger partial charge in [0, 0.05) is 24.3 Å². The Morgan fingerprint density at radius 1 is 1.19 bits per heavy atom. The van der Waals surface area contributed by atoms with Crippen LogP contribution in [-0.2, 0) is 9.84 Å². The molecule has 4 nitrogen and oxygen atoms in total. The zero-order chi connectivity index (χ0) is 11.8. The highest BCUT2D eigenvalue weighted by Crippen LogP contribution is 2.14.